The molecule has 3 aromatic heterocycles. The number of aromatic amines is 1. The van der Waals surface area contributed by atoms with E-state index in [1.54, 1.807) is 6.07 Å². The van der Waals surface area contributed by atoms with Crippen molar-refractivity contribution < 1.29 is 14.3 Å². The molecule has 0 spiro atoms. The lowest BCUT2D eigenvalue weighted by molar-refractivity contribution is -0.147. The third kappa shape index (κ3) is 4.07. The number of anilines is 1. The molecule has 1 unspecified atom stereocenters. The van der Waals surface area contributed by atoms with Crippen molar-refractivity contribution in [2.75, 3.05) is 5.73 Å². The Labute approximate surface area is 200 Å². The summed E-state index contributed by atoms with van der Waals surface area (Å²) in [6.07, 6.45) is 9.02. The topological polar surface area (TPSA) is 142 Å². The van der Waals surface area contributed by atoms with E-state index in [1.165, 1.54) is 31.9 Å². The molecule has 8 nitrogen and oxygen atoms in total. The number of hydrogen-bond acceptors (Lipinski definition) is 6. The molecule has 176 valence electrons. The predicted molar refractivity (Wildman–Crippen MR) is 124 cm³/mol. The zero-order valence-corrected chi connectivity index (χ0v) is 19.1. The van der Waals surface area contributed by atoms with Gasteiger partial charge in [-0.15, -0.1) is 0 Å². The molecule has 2 bridgehead atoms. The third-order valence-electron chi connectivity index (χ3n) is 7.28. The molecule has 10 heteroatoms. The Balaban J connectivity index is 0.000000183. The predicted octanol–water partition coefficient (Wildman–Crippen LogP) is 5.04. The number of halogens is 2. The first kappa shape index (κ1) is 22.5. The molecule has 0 amide bonds. The van der Waals surface area contributed by atoms with Crippen LogP contribution in [0.1, 0.15) is 62.0 Å². The second-order valence-electron chi connectivity index (χ2n) is 9.42. The average Bonchev–Trinajstić information content (AvgIpc) is 3.60. The number of carboxylic acids is 1. The number of hydrogen-bond donors (Lipinski definition) is 3. The fraction of sp³-hybridized carbons (Fsp3) is 0.458. The van der Waals surface area contributed by atoms with Gasteiger partial charge < -0.3 is 10.8 Å². The van der Waals surface area contributed by atoms with Crippen molar-refractivity contribution in [3.05, 3.63) is 34.2 Å². The SMILES string of the molecule is N#Cc1c(-c2[nH]nc3ncc(Cl)cc23)nc(N)c(F)c1C1CC1.O=C(O)C1CC2CCC1CC2. The lowest BCUT2D eigenvalue weighted by Gasteiger charge is -2.40. The van der Waals surface area contributed by atoms with E-state index in [2.05, 4.69) is 26.2 Å². The molecule has 4 saturated carbocycles. The number of nitrogens with one attached hydrogen (secondary N) is 1. The summed E-state index contributed by atoms with van der Waals surface area (Å²) in [5, 5.41) is 26.3. The highest BCUT2D eigenvalue weighted by atomic mass is 35.5. The molecule has 3 aromatic rings. The molecule has 0 saturated heterocycles. The molecule has 0 aliphatic heterocycles. The van der Waals surface area contributed by atoms with Gasteiger partial charge in [-0.25, -0.2) is 14.4 Å². The maximum atomic E-state index is 14.3. The zero-order chi connectivity index (χ0) is 24.0. The van der Waals surface area contributed by atoms with E-state index in [1.807, 2.05) is 0 Å². The number of aliphatic carboxylic acids is 1. The number of nitriles is 1. The fourth-order valence-electron chi connectivity index (χ4n) is 5.39. The summed E-state index contributed by atoms with van der Waals surface area (Å²) < 4.78 is 14.3. The minimum atomic E-state index is -0.604. The summed E-state index contributed by atoms with van der Waals surface area (Å²) in [7, 11) is 0. The van der Waals surface area contributed by atoms with Gasteiger partial charge in [0.05, 0.1) is 22.2 Å². The van der Waals surface area contributed by atoms with Crippen LogP contribution in [0.2, 0.25) is 5.02 Å². The van der Waals surface area contributed by atoms with E-state index in [9.17, 15) is 14.4 Å². The van der Waals surface area contributed by atoms with Crippen molar-refractivity contribution in [3.63, 3.8) is 0 Å². The highest BCUT2D eigenvalue weighted by Gasteiger charge is 2.39. The summed E-state index contributed by atoms with van der Waals surface area (Å²) in [6.45, 7) is 0. The van der Waals surface area contributed by atoms with Crippen LogP contribution in [0.25, 0.3) is 22.4 Å². The van der Waals surface area contributed by atoms with E-state index in [0.29, 0.717) is 33.2 Å². The van der Waals surface area contributed by atoms with Crippen LogP contribution in [0.4, 0.5) is 10.2 Å². The largest absolute Gasteiger partial charge is 0.481 e. The van der Waals surface area contributed by atoms with Crippen molar-refractivity contribution in [3.8, 4) is 17.5 Å². The Morgan fingerprint density at radius 3 is 2.56 bits per heavy atom. The second-order valence-corrected chi connectivity index (χ2v) is 9.86. The molecule has 1 atom stereocenters. The lowest BCUT2D eigenvalue weighted by Crippen LogP contribution is -2.35. The minimum Gasteiger partial charge on any atom is -0.481 e. The van der Waals surface area contributed by atoms with E-state index in [-0.39, 0.29) is 28.9 Å². The molecule has 4 fully saturated rings. The molecular formula is C24H24ClFN6O2. The zero-order valence-electron chi connectivity index (χ0n) is 18.4. The quantitative estimate of drug-likeness (QED) is 0.474. The van der Waals surface area contributed by atoms with Gasteiger partial charge in [-0.1, -0.05) is 24.4 Å². The van der Waals surface area contributed by atoms with Gasteiger partial charge >= 0.3 is 5.97 Å². The van der Waals surface area contributed by atoms with Crippen LogP contribution in [-0.2, 0) is 4.79 Å². The van der Waals surface area contributed by atoms with Crippen LogP contribution in [0.3, 0.4) is 0 Å². The molecule has 4 aliphatic carbocycles. The Kier molecular flexibility index (Phi) is 5.86. The van der Waals surface area contributed by atoms with Crippen LogP contribution in [0.5, 0.6) is 0 Å². The summed E-state index contributed by atoms with van der Waals surface area (Å²) in [5.41, 5.74) is 7.42. The highest BCUT2D eigenvalue weighted by molar-refractivity contribution is 6.31. The number of pyridine rings is 2. The number of aromatic nitrogens is 4. The number of fused-ring (bicyclic) bond motifs is 4. The minimum absolute atomic E-state index is 0.00231. The summed E-state index contributed by atoms with van der Waals surface area (Å²) in [6, 6.07) is 3.73. The number of nitrogens with two attached hydrogens (primary N) is 1. The molecule has 3 heterocycles. The average molecular weight is 483 g/mol. The fourth-order valence-corrected chi connectivity index (χ4v) is 5.54. The summed E-state index contributed by atoms with van der Waals surface area (Å²) in [4.78, 5) is 18.9. The van der Waals surface area contributed by atoms with Crippen molar-refractivity contribution in [1.29, 1.82) is 5.26 Å². The monoisotopic (exact) mass is 482 g/mol. The maximum absolute atomic E-state index is 14.3. The van der Waals surface area contributed by atoms with Gasteiger partial charge in [0.15, 0.2) is 17.3 Å². The Bertz CT molecular complexity index is 1310. The first-order valence-electron chi connectivity index (χ1n) is 11.5. The van der Waals surface area contributed by atoms with Crippen molar-refractivity contribution in [1.82, 2.24) is 20.2 Å². The second kappa shape index (κ2) is 8.84. The van der Waals surface area contributed by atoms with E-state index < -0.39 is 11.8 Å². The van der Waals surface area contributed by atoms with Crippen LogP contribution in [0, 0.1) is 34.9 Å². The number of rotatable bonds is 3. The van der Waals surface area contributed by atoms with Crippen LogP contribution < -0.4 is 5.73 Å². The first-order valence-corrected chi connectivity index (χ1v) is 11.9. The Hall–Kier alpha value is -3.25. The van der Waals surface area contributed by atoms with Gasteiger partial charge in [-0.2, -0.15) is 10.4 Å². The Morgan fingerprint density at radius 2 is 2.00 bits per heavy atom. The van der Waals surface area contributed by atoms with Gasteiger partial charge in [0.2, 0.25) is 0 Å². The van der Waals surface area contributed by atoms with Crippen LogP contribution in [-0.4, -0.2) is 31.2 Å². The highest BCUT2D eigenvalue weighted by Crippen LogP contribution is 2.46. The lowest BCUT2D eigenvalue weighted by atomic mass is 9.65. The van der Waals surface area contributed by atoms with Crippen LogP contribution in [0.15, 0.2) is 12.3 Å². The summed E-state index contributed by atoms with van der Waals surface area (Å²) >= 11 is 5.98. The van der Waals surface area contributed by atoms with E-state index in [0.717, 1.165) is 25.2 Å². The molecule has 4 aliphatic rings. The molecular weight excluding hydrogens is 459 g/mol. The van der Waals surface area contributed by atoms with Crippen molar-refractivity contribution in [2.45, 2.75) is 50.9 Å². The number of nitrogens with zero attached hydrogens (tertiary/aromatic N) is 4. The molecule has 7 rings (SSSR count). The number of carboxylic acid groups (broad SMARTS) is 1. The smallest absolute Gasteiger partial charge is 0.306 e. The van der Waals surface area contributed by atoms with Crippen molar-refractivity contribution in [2.24, 2.45) is 17.8 Å². The number of H-pyrrole nitrogens is 1. The van der Waals surface area contributed by atoms with Gasteiger partial charge in [-0.05, 0) is 55.9 Å². The van der Waals surface area contributed by atoms with Gasteiger partial charge in [0, 0.05) is 17.1 Å². The van der Waals surface area contributed by atoms with Gasteiger partial charge in [-0.3, -0.25) is 9.89 Å². The first-order chi connectivity index (χ1) is 16.4. The number of carbonyl (C=O) groups is 1. The van der Waals surface area contributed by atoms with Gasteiger partial charge in [0.1, 0.15) is 11.8 Å². The Morgan fingerprint density at radius 1 is 1.26 bits per heavy atom. The number of nitrogen functional groups attached to an aromatic ring is 1. The molecule has 0 aromatic carbocycles. The standard InChI is InChI=1S/C15H10ClFN6.C9H14O2/c16-7-3-8-13(22-23-15(8)20-5-7)12-9(4-18)10(6-1-2-6)11(17)14(19)21-12;10-9(11)8-5-6-1-3-7(8)4-2-6/h3,5-6H,1-2H2,(H2,19,21)(H,20,22,23);6-8H,1-5H2,(H,10,11). The third-order valence-corrected chi connectivity index (χ3v) is 7.48. The maximum Gasteiger partial charge on any atom is 0.306 e. The van der Waals surface area contributed by atoms with Crippen LogP contribution >= 0.6 is 11.6 Å². The van der Waals surface area contributed by atoms with Gasteiger partial charge in [0.25, 0.3) is 0 Å². The van der Waals surface area contributed by atoms with Crippen molar-refractivity contribution >= 4 is 34.4 Å². The normalized spacial score (nSPS) is 23.3. The van der Waals surface area contributed by atoms with E-state index in [4.69, 9.17) is 22.4 Å². The summed E-state index contributed by atoms with van der Waals surface area (Å²) in [5.74, 6) is -0.114. The van der Waals surface area contributed by atoms with E-state index >= 15 is 0 Å². The molecule has 0 radical (unpaired) electrons. The molecule has 34 heavy (non-hydrogen) atoms. The molecule has 4 N–H and O–H groups in total.